The molecule has 2 rings (SSSR count). The van der Waals surface area contributed by atoms with Crippen LogP contribution in [0.2, 0.25) is 0 Å². The Balaban J connectivity index is 2.83. The van der Waals surface area contributed by atoms with Crippen LogP contribution in [0.5, 0.6) is 11.5 Å². The molecule has 0 radical (unpaired) electrons. The Labute approximate surface area is 91.2 Å². The van der Waals surface area contributed by atoms with Gasteiger partial charge in [-0.1, -0.05) is 0 Å². The van der Waals surface area contributed by atoms with Crippen molar-refractivity contribution in [2.24, 2.45) is 0 Å². The zero-order valence-corrected chi connectivity index (χ0v) is 9.57. The summed E-state index contributed by atoms with van der Waals surface area (Å²) in [5.74, 6) is 0.552. The lowest BCUT2D eigenvalue weighted by Gasteiger charge is -2.06. The maximum Gasteiger partial charge on any atom is 0.173 e. The minimum Gasteiger partial charge on any atom is -0.495 e. The van der Waals surface area contributed by atoms with Crippen molar-refractivity contribution >= 4 is 21.4 Å². The largest absolute Gasteiger partial charge is 0.495 e. The van der Waals surface area contributed by atoms with Crippen molar-refractivity contribution in [3.8, 4) is 11.5 Å². The third kappa shape index (κ3) is 1.55. The molecule has 0 N–H and O–H groups in total. The second kappa shape index (κ2) is 3.70. The Morgan fingerprint density at radius 1 is 1.13 bits per heavy atom. The monoisotopic (exact) mass is 226 g/mol. The van der Waals surface area contributed by atoms with Gasteiger partial charge in [0.1, 0.15) is 5.75 Å². The summed E-state index contributed by atoms with van der Waals surface area (Å²) in [7, 11) is 3.02. The average molecular weight is 226 g/mol. The van der Waals surface area contributed by atoms with E-state index in [9.17, 15) is 4.39 Å². The Kier molecular flexibility index (Phi) is 2.52. The lowest BCUT2D eigenvalue weighted by atomic mass is 10.2. The van der Waals surface area contributed by atoms with Crippen LogP contribution in [-0.4, -0.2) is 14.2 Å². The van der Waals surface area contributed by atoms with Crippen LogP contribution in [-0.2, 0) is 0 Å². The molecule has 0 aliphatic carbocycles. The molecule has 0 saturated heterocycles. The van der Waals surface area contributed by atoms with Crippen LogP contribution in [0, 0.1) is 12.7 Å². The SMILES string of the molecule is COc1cc(OC)c2sc(C)cc2c1F. The van der Waals surface area contributed by atoms with Crippen LogP contribution in [0.4, 0.5) is 4.39 Å². The van der Waals surface area contributed by atoms with Gasteiger partial charge in [0, 0.05) is 16.3 Å². The molecular weight excluding hydrogens is 215 g/mol. The fourth-order valence-electron chi connectivity index (χ4n) is 1.54. The topological polar surface area (TPSA) is 18.5 Å². The maximum atomic E-state index is 13.8. The first-order valence-corrected chi connectivity index (χ1v) is 5.29. The molecule has 0 fully saturated rings. The molecule has 0 atom stereocenters. The van der Waals surface area contributed by atoms with Gasteiger partial charge in [-0.15, -0.1) is 11.3 Å². The Hall–Kier alpha value is -1.29. The molecule has 1 aromatic heterocycles. The van der Waals surface area contributed by atoms with Crippen molar-refractivity contribution in [3.05, 3.63) is 22.8 Å². The molecule has 0 saturated carbocycles. The van der Waals surface area contributed by atoms with E-state index >= 15 is 0 Å². The highest BCUT2D eigenvalue weighted by Crippen LogP contribution is 2.39. The fraction of sp³-hybridized carbons (Fsp3) is 0.273. The van der Waals surface area contributed by atoms with Crippen LogP contribution >= 0.6 is 11.3 Å². The number of ether oxygens (including phenoxy) is 2. The Bertz CT molecular complexity index is 505. The molecule has 4 heteroatoms. The molecule has 0 amide bonds. The van der Waals surface area contributed by atoms with Crippen LogP contribution in [0.25, 0.3) is 10.1 Å². The van der Waals surface area contributed by atoms with Crippen LogP contribution in [0.3, 0.4) is 0 Å². The molecule has 0 aliphatic rings. The van der Waals surface area contributed by atoms with Crippen molar-refractivity contribution in [1.82, 2.24) is 0 Å². The molecular formula is C11H11FO2S. The number of hydrogen-bond acceptors (Lipinski definition) is 3. The number of halogens is 1. The van der Waals surface area contributed by atoms with Gasteiger partial charge in [0.05, 0.1) is 18.9 Å². The Morgan fingerprint density at radius 3 is 2.40 bits per heavy atom. The summed E-state index contributed by atoms with van der Waals surface area (Å²) in [5, 5.41) is 0.564. The van der Waals surface area contributed by atoms with Crippen LogP contribution in [0.1, 0.15) is 4.88 Å². The van der Waals surface area contributed by atoms with Crippen LogP contribution < -0.4 is 9.47 Å². The van der Waals surface area contributed by atoms with Gasteiger partial charge in [-0.25, -0.2) is 4.39 Å². The fourth-order valence-corrected chi connectivity index (χ4v) is 2.54. The summed E-state index contributed by atoms with van der Waals surface area (Å²) in [5.41, 5.74) is 0. The number of aryl methyl sites for hydroxylation is 1. The highest BCUT2D eigenvalue weighted by molar-refractivity contribution is 7.19. The number of fused-ring (bicyclic) bond motifs is 1. The van der Waals surface area contributed by atoms with Crippen molar-refractivity contribution < 1.29 is 13.9 Å². The zero-order chi connectivity index (χ0) is 11.0. The van der Waals surface area contributed by atoms with E-state index in [-0.39, 0.29) is 11.6 Å². The predicted molar refractivity (Wildman–Crippen MR) is 59.6 cm³/mol. The molecule has 15 heavy (non-hydrogen) atoms. The number of methoxy groups -OCH3 is 2. The third-order valence-electron chi connectivity index (χ3n) is 2.23. The second-order valence-electron chi connectivity index (χ2n) is 3.19. The summed E-state index contributed by atoms with van der Waals surface area (Å²) in [6, 6.07) is 3.38. The molecule has 1 heterocycles. The minimum atomic E-state index is -0.322. The average Bonchev–Trinajstić information content (AvgIpc) is 2.61. The smallest absolute Gasteiger partial charge is 0.173 e. The van der Waals surface area contributed by atoms with E-state index in [1.54, 1.807) is 19.2 Å². The first kappa shape index (κ1) is 10.2. The third-order valence-corrected chi connectivity index (χ3v) is 3.30. The quantitative estimate of drug-likeness (QED) is 0.781. The molecule has 0 aliphatic heterocycles. The first-order valence-electron chi connectivity index (χ1n) is 4.48. The van der Waals surface area contributed by atoms with E-state index in [1.807, 2.05) is 6.92 Å². The standard InChI is InChI=1S/C11H11FO2S/c1-6-4-7-10(12)8(13-2)5-9(14-3)11(7)15-6/h4-5H,1-3H3. The zero-order valence-electron chi connectivity index (χ0n) is 8.76. The predicted octanol–water partition coefficient (Wildman–Crippen LogP) is 3.37. The van der Waals surface area contributed by atoms with Crippen molar-refractivity contribution in [2.45, 2.75) is 6.92 Å². The van der Waals surface area contributed by atoms with Gasteiger partial charge < -0.3 is 9.47 Å². The molecule has 0 bridgehead atoms. The molecule has 1 aromatic carbocycles. The molecule has 80 valence electrons. The van der Waals surface area contributed by atoms with E-state index in [0.717, 1.165) is 9.58 Å². The number of rotatable bonds is 2. The molecule has 2 nitrogen and oxygen atoms in total. The summed E-state index contributed by atoms with van der Waals surface area (Å²) in [4.78, 5) is 1.05. The van der Waals surface area contributed by atoms with Crippen molar-refractivity contribution in [3.63, 3.8) is 0 Å². The molecule has 0 unspecified atom stereocenters. The van der Waals surface area contributed by atoms with E-state index < -0.39 is 0 Å². The van der Waals surface area contributed by atoms with Gasteiger partial charge in [-0.05, 0) is 13.0 Å². The lowest BCUT2D eigenvalue weighted by Crippen LogP contribution is -1.91. The van der Waals surface area contributed by atoms with Gasteiger partial charge in [-0.3, -0.25) is 0 Å². The summed E-state index contributed by atoms with van der Waals surface area (Å²) < 4.78 is 24.8. The summed E-state index contributed by atoms with van der Waals surface area (Å²) in [6.45, 7) is 1.94. The van der Waals surface area contributed by atoms with Crippen LogP contribution in [0.15, 0.2) is 12.1 Å². The van der Waals surface area contributed by atoms with E-state index in [0.29, 0.717) is 11.1 Å². The normalized spacial score (nSPS) is 10.7. The minimum absolute atomic E-state index is 0.220. The first-order chi connectivity index (χ1) is 7.17. The second-order valence-corrected chi connectivity index (χ2v) is 4.45. The molecule has 2 aromatic rings. The Morgan fingerprint density at radius 2 is 1.80 bits per heavy atom. The van der Waals surface area contributed by atoms with Gasteiger partial charge in [0.25, 0.3) is 0 Å². The van der Waals surface area contributed by atoms with Gasteiger partial charge in [-0.2, -0.15) is 0 Å². The highest BCUT2D eigenvalue weighted by atomic mass is 32.1. The van der Waals surface area contributed by atoms with E-state index in [1.165, 1.54) is 18.4 Å². The summed E-state index contributed by atoms with van der Waals surface area (Å²) >= 11 is 1.52. The van der Waals surface area contributed by atoms with Crippen molar-refractivity contribution in [1.29, 1.82) is 0 Å². The van der Waals surface area contributed by atoms with Gasteiger partial charge in [0.15, 0.2) is 11.6 Å². The number of hydrogen-bond donors (Lipinski definition) is 0. The maximum absolute atomic E-state index is 13.8. The van der Waals surface area contributed by atoms with E-state index in [2.05, 4.69) is 0 Å². The van der Waals surface area contributed by atoms with Gasteiger partial charge >= 0.3 is 0 Å². The van der Waals surface area contributed by atoms with E-state index in [4.69, 9.17) is 9.47 Å². The number of thiophene rings is 1. The highest BCUT2D eigenvalue weighted by Gasteiger charge is 2.15. The summed E-state index contributed by atoms with van der Waals surface area (Å²) in [6.07, 6.45) is 0. The molecule has 0 spiro atoms. The van der Waals surface area contributed by atoms with Crippen molar-refractivity contribution in [2.75, 3.05) is 14.2 Å². The lowest BCUT2D eigenvalue weighted by molar-refractivity contribution is 0.378. The van der Waals surface area contributed by atoms with Gasteiger partial charge in [0.2, 0.25) is 0 Å². The number of benzene rings is 1.